The van der Waals surface area contributed by atoms with E-state index in [2.05, 4.69) is 4.98 Å². The molecule has 0 radical (unpaired) electrons. The van der Waals surface area contributed by atoms with Crippen molar-refractivity contribution in [1.82, 2.24) is 4.98 Å². The first-order valence-corrected chi connectivity index (χ1v) is 3.43. The summed E-state index contributed by atoms with van der Waals surface area (Å²) in [6.07, 6.45) is 4.74. The van der Waals surface area contributed by atoms with Gasteiger partial charge in [-0.2, -0.15) is 5.26 Å². The lowest BCUT2D eigenvalue weighted by Gasteiger charge is -1.96. The zero-order valence-corrected chi connectivity index (χ0v) is 6.69. The number of hydrogen-bond acceptors (Lipinski definition) is 3. The number of ether oxygens (including phenoxy) is 1. The summed E-state index contributed by atoms with van der Waals surface area (Å²) in [6.45, 7) is 0. The molecule has 0 bridgehead atoms. The molecule has 60 valence electrons. The highest BCUT2D eigenvalue weighted by molar-refractivity contribution is 5.50. The molecule has 0 spiro atoms. The molecule has 0 aliphatic rings. The molecule has 0 fully saturated rings. The summed E-state index contributed by atoms with van der Waals surface area (Å²) in [7, 11) is 1.56. The molecule has 0 aliphatic carbocycles. The van der Waals surface area contributed by atoms with Gasteiger partial charge in [-0.3, -0.25) is 0 Å². The Morgan fingerprint density at radius 2 is 2.42 bits per heavy atom. The van der Waals surface area contributed by atoms with Crippen molar-refractivity contribution in [2.45, 2.75) is 0 Å². The first kappa shape index (κ1) is 8.28. The van der Waals surface area contributed by atoms with E-state index in [-0.39, 0.29) is 0 Å². The summed E-state index contributed by atoms with van der Waals surface area (Å²) >= 11 is 0. The summed E-state index contributed by atoms with van der Waals surface area (Å²) in [5.41, 5.74) is 0.886. The normalized spacial score (nSPS) is 9.67. The molecule has 1 aromatic rings. The van der Waals surface area contributed by atoms with Crippen molar-refractivity contribution in [3.63, 3.8) is 0 Å². The maximum Gasteiger partial charge on any atom is 0.212 e. The van der Waals surface area contributed by atoms with Crippen LogP contribution in [-0.2, 0) is 0 Å². The Labute approximate surface area is 70.9 Å². The lowest BCUT2D eigenvalue weighted by atomic mass is 10.2. The molecule has 0 saturated heterocycles. The van der Waals surface area contributed by atoms with Crippen LogP contribution in [0.4, 0.5) is 0 Å². The average molecular weight is 160 g/mol. The van der Waals surface area contributed by atoms with Gasteiger partial charge in [0.15, 0.2) is 0 Å². The van der Waals surface area contributed by atoms with Crippen molar-refractivity contribution in [1.29, 1.82) is 5.26 Å². The van der Waals surface area contributed by atoms with Crippen molar-refractivity contribution in [3.8, 4) is 11.9 Å². The summed E-state index contributed by atoms with van der Waals surface area (Å²) in [4.78, 5) is 3.97. The molecular formula is C9H8N2O. The van der Waals surface area contributed by atoms with E-state index < -0.39 is 0 Å². The summed E-state index contributed by atoms with van der Waals surface area (Å²) in [5, 5.41) is 8.25. The molecule has 0 amide bonds. The van der Waals surface area contributed by atoms with Crippen molar-refractivity contribution in [2.24, 2.45) is 0 Å². The van der Waals surface area contributed by atoms with E-state index in [1.807, 2.05) is 12.1 Å². The highest BCUT2D eigenvalue weighted by Crippen LogP contribution is 2.07. The fourth-order valence-corrected chi connectivity index (χ4v) is 0.745. The molecule has 12 heavy (non-hydrogen) atoms. The molecule has 1 heterocycles. The third-order valence-corrected chi connectivity index (χ3v) is 1.32. The second kappa shape index (κ2) is 4.14. The molecule has 0 N–H and O–H groups in total. The van der Waals surface area contributed by atoms with E-state index in [0.717, 1.165) is 5.56 Å². The number of allylic oxidation sites excluding steroid dienone is 1. The zero-order chi connectivity index (χ0) is 8.81. The van der Waals surface area contributed by atoms with Gasteiger partial charge in [0.2, 0.25) is 5.88 Å². The van der Waals surface area contributed by atoms with Gasteiger partial charge >= 0.3 is 0 Å². The minimum atomic E-state index is 0.573. The van der Waals surface area contributed by atoms with Crippen LogP contribution in [0.25, 0.3) is 6.08 Å². The van der Waals surface area contributed by atoms with Gasteiger partial charge in [0.05, 0.1) is 13.2 Å². The SMILES string of the molecule is COc1ccc(C=CC#N)cn1. The predicted molar refractivity (Wildman–Crippen MR) is 45.4 cm³/mol. The number of nitriles is 1. The van der Waals surface area contributed by atoms with Gasteiger partial charge < -0.3 is 4.74 Å². The number of nitrogens with zero attached hydrogens (tertiary/aromatic N) is 2. The van der Waals surface area contributed by atoms with Gasteiger partial charge in [-0.25, -0.2) is 4.98 Å². The topological polar surface area (TPSA) is 45.9 Å². The fraction of sp³-hybridized carbons (Fsp3) is 0.111. The Kier molecular flexibility index (Phi) is 2.86. The molecule has 0 atom stereocenters. The third kappa shape index (κ3) is 2.10. The second-order valence-corrected chi connectivity index (χ2v) is 2.10. The van der Waals surface area contributed by atoms with Gasteiger partial charge in [0, 0.05) is 18.3 Å². The predicted octanol–water partition coefficient (Wildman–Crippen LogP) is 1.63. The molecule has 0 aromatic carbocycles. The molecule has 0 unspecified atom stereocenters. The highest BCUT2D eigenvalue weighted by atomic mass is 16.5. The van der Waals surface area contributed by atoms with E-state index in [4.69, 9.17) is 10.00 Å². The lowest BCUT2D eigenvalue weighted by molar-refractivity contribution is 0.398. The minimum Gasteiger partial charge on any atom is -0.481 e. The van der Waals surface area contributed by atoms with E-state index in [9.17, 15) is 0 Å². The monoisotopic (exact) mass is 160 g/mol. The van der Waals surface area contributed by atoms with E-state index in [1.165, 1.54) is 6.08 Å². The molecule has 3 heteroatoms. The Bertz CT molecular complexity index is 308. The molecule has 0 aliphatic heterocycles. The van der Waals surface area contributed by atoms with Crippen LogP contribution in [0.15, 0.2) is 24.4 Å². The summed E-state index contributed by atoms with van der Waals surface area (Å²) in [5.74, 6) is 0.573. The smallest absolute Gasteiger partial charge is 0.212 e. The minimum absolute atomic E-state index is 0.573. The fourth-order valence-electron chi connectivity index (χ4n) is 0.745. The van der Waals surface area contributed by atoms with Crippen molar-refractivity contribution in [3.05, 3.63) is 30.0 Å². The van der Waals surface area contributed by atoms with Crippen molar-refractivity contribution < 1.29 is 4.74 Å². The number of hydrogen-bond donors (Lipinski definition) is 0. The number of rotatable bonds is 2. The quantitative estimate of drug-likeness (QED) is 0.617. The van der Waals surface area contributed by atoms with Crippen LogP contribution in [0.5, 0.6) is 5.88 Å². The first-order chi connectivity index (χ1) is 5.86. The van der Waals surface area contributed by atoms with Gasteiger partial charge in [-0.15, -0.1) is 0 Å². The number of aromatic nitrogens is 1. The van der Waals surface area contributed by atoms with Crippen LogP contribution < -0.4 is 4.74 Å². The van der Waals surface area contributed by atoms with Crippen molar-refractivity contribution >= 4 is 6.08 Å². The lowest BCUT2D eigenvalue weighted by Crippen LogP contribution is -1.85. The highest BCUT2D eigenvalue weighted by Gasteiger charge is 1.90. The molecule has 3 nitrogen and oxygen atoms in total. The second-order valence-electron chi connectivity index (χ2n) is 2.10. The maximum absolute atomic E-state index is 8.25. The molecular weight excluding hydrogens is 152 g/mol. The molecule has 1 aromatic heterocycles. The Morgan fingerprint density at radius 3 is 2.92 bits per heavy atom. The van der Waals surface area contributed by atoms with Crippen LogP contribution in [0, 0.1) is 11.3 Å². The van der Waals surface area contributed by atoms with E-state index >= 15 is 0 Å². The van der Waals surface area contributed by atoms with Gasteiger partial charge in [-0.05, 0) is 17.7 Å². The van der Waals surface area contributed by atoms with Crippen LogP contribution >= 0.6 is 0 Å². The Balaban J connectivity index is 2.79. The standard InChI is InChI=1S/C9H8N2O/c1-12-9-5-4-8(7-11-9)3-2-6-10/h2-5,7H,1H3. The van der Waals surface area contributed by atoms with Gasteiger partial charge in [0.1, 0.15) is 0 Å². The van der Waals surface area contributed by atoms with E-state index in [1.54, 1.807) is 25.4 Å². The Hall–Kier alpha value is -1.82. The number of pyridine rings is 1. The number of methoxy groups -OCH3 is 1. The zero-order valence-electron chi connectivity index (χ0n) is 6.69. The van der Waals surface area contributed by atoms with E-state index in [0.29, 0.717) is 5.88 Å². The third-order valence-electron chi connectivity index (χ3n) is 1.32. The first-order valence-electron chi connectivity index (χ1n) is 3.43. The van der Waals surface area contributed by atoms with Crippen molar-refractivity contribution in [2.75, 3.05) is 7.11 Å². The van der Waals surface area contributed by atoms with Crippen LogP contribution in [0.2, 0.25) is 0 Å². The van der Waals surface area contributed by atoms with Gasteiger partial charge in [-0.1, -0.05) is 0 Å². The molecule has 1 rings (SSSR count). The Morgan fingerprint density at radius 1 is 1.58 bits per heavy atom. The summed E-state index contributed by atoms with van der Waals surface area (Å²) in [6, 6.07) is 5.49. The average Bonchev–Trinajstić information content (AvgIpc) is 2.15. The van der Waals surface area contributed by atoms with Crippen LogP contribution in [0.1, 0.15) is 5.56 Å². The van der Waals surface area contributed by atoms with Gasteiger partial charge in [0.25, 0.3) is 0 Å². The molecule has 0 saturated carbocycles. The largest absolute Gasteiger partial charge is 0.481 e. The maximum atomic E-state index is 8.25. The van der Waals surface area contributed by atoms with Crippen LogP contribution in [0.3, 0.4) is 0 Å². The summed E-state index contributed by atoms with van der Waals surface area (Å²) < 4.78 is 4.87. The van der Waals surface area contributed by atoms with Crippen LogP contribution in [-0.4, -0.2) is 12.1 Å².